The molecule has 0 bridgehead atoms. The van der Waals surface area contributed by atoms with E-state index in [2.05, 4.69) is 15.3 Å². The first-order valence-electron chi connectivity index (χ1n) is 10.0. The van der Waals surface area contributed by atoms with Gasteiger partial charge in [-0.25, -0.2) is 9.37 Å². The van der Waals surface area contributed by atoms with Crippen molar-refractivity contribution in [1.29, 1.82) is 0 Å². The van der Waals surface area contributed by atoms with Crippen molar-refractivity contribution in [3.05, 3.63) is 52.2 Å². The average molecular weight is 412 g/mol. The Morgan fingerprint density at radius 1 is 1.23 bits per heavy atom. The van der Waals surface area contributed by atoms with E-state index >= 15 is 0 Å². The molecule has 2 unspecified atom stereocenters. The number of fused-ring (bicyclic) bond motifs is 1. The molecule has 0 saturated heterocycles. The molecular formula is C22H25FN4O3. The van der Waals surface area contributed by atoms with Crippen LogP contribution in [0.25, 0.3) is 22.0 Å². The van der Waals surface area contributed by atoms with Gasteiger partial charge in [0.15, 0.2) is 0 Å². The minimum atomic E-state index is -1.01. The minimum absolute atomic E-state index is 0.195. The lowest BCUT2D eigenvalue weighted by Gasteiger charge is -2.15. The minimum Gasteiger partial charge on any atom is -0.387 e. The standard InChI is InChI=1S/C22H25FN4O3/c1-4-19(28)17-5-11(2)15(10-24-17)13-6-12-9-25-20(8-18(12)27(3)22(13)30)26-21(29)14-7-16(14)23/h5-6,8-10,14,16,19,21,28-29H,4,7H2,1-3H3,(H,25,26)/t14-,16+,19?,21?/m0/s1. The third kappa shape index (κ3) is 3.68. The Hall–Kier alpha value is -2.84. The molecule has 0 radical (unpaired) electrons. The predicted octanol–water partition coefficient (Wildman–Crippen LogP) is 2.84. The van der Waals surface area contributed by atoms with Crippen molar-refractivity contribution in [1.82, 2.24) is 14.5 Å². The highest BCUT2D eigenvalue weighted by atomic mass is 19.1. The molecule has 1 fully saturated rings. The number of aryl methyl sites for hydroxylation is 2. The molecule has 4 rings (SSSR count). The molecule has 3 heterocycles. The first kappa shape index (κ1) is 20.4. The van der Waals surface area contributed by atoms with Gasteiger partial charge in [0, 0.05) is 47.9 Å². The third-order valence-corrected chi connectivity index (χ3v) is 5.72. The molecule has 7 nitrogen and oxygen atoms in total. The number of rotatable bonds is 6. The number of anilines is 1. The molecule has 1 aliphatic rings. The fourth-order valence-corrected chi connectivity index (χ4v) is 3.65. The molecule has 3 N–H and O–H groups in total. The topological polar surface area (TPSA) is 100 Å². The summed E-state index contributed by atoms with van der Waals surface area (Å²) < 4.78 is 14.7. The third-order valence-electron chi connectivity index (χ3n) is 5.72. The Morgan fingerprint density at radius 3 is 2.60 bits per heavy atom. The van der Waals surface area contributed by atoms with E-state index in [1.54, 1.807) is 37.6 Å². The van der Waals surface area contributed by atoms with Gasteiger partial charge in [-0.15, -0.1) is 0 Å². The largest absolute Gasteiger partial charge is 0.387 e. The van der Waals surface area contributed by atoms with Crippen LogP contribution in [0.15, 0.2) is 35.4 Å². The number of halogens is 1. The molecule has 0 spiro atoms. The van der Waals surface area contributed by atoms with Crippen LogP contribution in [0, 0.1) is 12.8 Å². The summed E-state index contributed by atoms with van der Waals surface area (Å²) in [7, 11) is 1.67. The van der Waals surface area contributed by atoms with Crippen LogP contribution >= 0.6 is 0 Å². The number of nitrogens with zero attached hydrogens (tertiary/aromatic N) is 3. The van der Waals surface area contributed by atoms with Crippen LogP contribution in [0.2, 0.25) is 0 Å². The lowest BCUT2D eigenvalue weighted by molar-refractivity contribution is 0.166. The van der Waals surface area contributed by atoms with Gasteiger partial charge in [0.25, 0.3) is 5.56 Å². The molecule has 8 heteroatoms. The number of nitrogens with one attached hydrogen (secondary N) is 1. The van der Waals surface area contributed by atoms with Gasteiger partial charge in [-0.1, -0.05) is 6.92 Å². The highest BCUT2D eigenvalue weighted by Gasteiger charge is 2.43. The van der Waals surface area contributed by atoms with Gasteiger partial charge >= 0.3 is 0 Å². The molecule has 0 aliphatic heterocycles. The summed E-state index contributed by atoms with van der Waals surface area (Å²) in [6.07, 6.45) is 1.51. The fraction of sp³-hybridized carbons (Fsp3) is 0.409. The lowest BCUT2D eigenvalue weighted by Crippen LogP contribution is -2.23. The second-order valence-corrected chi connectivity index (χ2v) is 7.90. The van der Waals surface area contributed by atoms with E-state index in [4.69, 9.17) is 0 Å². The van der Waals surface area contributed by atoms with E-state index in [1.165, 1.54) is 4.57 Å². The van der Waals surface area contributed by atoms with Gasteiger partial charge in [0.05, 0.1) is 17.3 Å². The van der Waals surface area contributed by atoms with Gasteiger partial charge in [-0.2, -0.15) is 0 Å². The molecule has 158 valence electrons. The second-order valence-electron chi connectivity index (χ2n) is 7.90. The van der Waals surface area contributed by atoms with Crippen LogP contribution < -0.4 is 10.9 Å². The molecule has 3 aromatic heterocycles. The molecule has 4 atom stereocenters. The van der Waals surface area contributed by atoms with Crippen molar-refractivity contribution in [2.24, 2.45) is 13.0 Å². The SMILES string of the molecule is CCC(O)c1cc(C)c(-c2cc3cnc(NC(O)[C@H]4C[C@H]4F)cc3n(C)c2=O)cn1. The first-order chi connectivity index (χ1) is 14.3. The number of hydrogen-bond acceptors (Lipinski definition) is 6. The van der Waals surface area contributed by atoms with E-state index in [0.717, 1.165) is 10.9 Å². The van der Waals surface area contributed by atoms with Crippen molar-refractivity contribution in [2.45, 2.75) is 45.2 Å². The van der Waals surface area contributed by atoms with E-state index in [0.29, 0.717) is 41.0 Å². The Labute approximate surface area is 173 Å². The molecular weight excluding hydrogens is 387 g/mol. The summed E-state index contributed by atoms with van der Waals surface area (Å²) in [5.41, 5.74) is 3.07. The van der Waals surface area contributed by atoms with E-state index in [1.807, 2.05) is 13.8 Å². The number of alkyl halides is 1. The Balaban J connectivity index is 1.72. The average Bonchev–Trinajstić information content (AvgIpc) is 3.47. The number of aromatic nitrogens is 3. The zero-order valence-electron chi connectivity index (χ0n) is 17.1. The van der Waals surface area contributed by atoms with Crippen LogP contribution in [0.1, 0.15) is 37.1 Å². The number of pyridine rings is 3. The fourth-order valence-electron chi connectivity index (χ4n) is 3.65. The summed E-state index contributed by atoms with van der Waals surface area (Å²) in [4.78, 5) is 21.7. The monoisotopic (exact) mass is 412 g/mol. The van der Waals surface area contributed by atoms with Crippen molar-refractivity contribution < 1.29 is 14.6 Å². The van der Waals surface area contributed by atoms with Crippen LogP contribution in [-0.4, -0.2) is 37.1 Å². The quantitative estimate of drug-likeness (QED) is 0.539. The van der Waals surface area contributed by atoms with E-state index in [9.17, 15) is 19.4 Å². The highest BCUT2D eigenvalue weighted by Crippen LogP contribution is 2.37. The van der Waals surface area contributed by atoms with Crippen LogP contribution in [0.4, 0.5) is 10.2 Å². The summed E-state index contributed by atoms with van der Waals surface area (Å²) in [6, 6.07) is 5.24. The Kier molecular flexibility index (Phi) is 5.29. The van der Waals surface area contributed by atoms with Gasteiger partial charge in [-0.05, 0) is 37.5 Å². The predicted molar refractivity (Wildman–Crippen MR) is 113 cm³/mol. The van der Waals surface area contributed by atoms with Crippen molar-refractivity contribution >= 4 is 16.7 Å². The van der Waals surface area contributed by atoms with Gasteiger partial charge < -0.3 is 20.1 Å². The highest BCUT2D eigenvalue weighted by molar-refractivity contribution is 5.85. The second kappa shape index (κ2) is 7.77. The van der Waals surface area contributed by atoms with Crippen molar-refractivity contribution in [3.63, 3.8) is 0 Å². The normalized spacial score (nSPS) is 20.2. The van der Waals surface area contributed by atoms with E-state index in [-0.39, 0.29) is 5.56 Å². The van der Waals surface area contributed by atoms with Gasteiger partial charge in [0.1, 0.15) is 18.2 Å². The Morgan fingerprint density at radius 2 is 1.97 bits per heavy atom. The summed E-state index contributed by atoms with van der Waals surface area (Å²) in [6.45, 7) is 3.76. The number of hydrogen-bond donors (Lipinski definition) is 3. The number of aliphatic hydroxyl groups excluding tert-OH is 2. The zero-order valence-corrected chi connectivity index (χ0v) is 17.1. The molecule has 1 aliphatic carbocycles. The van der Waals surface area contributed by atoms with Crippen molar-refractivity contribution in [2.75, 3.05) is 5.32 Å². The Bertz CT molecular complexity index is 1160. The van der Waals surface area contributed by atoms with Crippen LogP contribution in [-0.2, 0) is 7.05 Å². The molecule has 3 aromatic rings. The molecule has 0 aromatic carbocycles. The van der Waals surface area contributed by atoms with Crippen LogP contribution in [0.5, 0.6) is 0 Å². The summed E-state index contributed by atoms with van der Waals surface area (Å²) >= 11 is 0. The summed E-state index contributed by atoms with van der Waals surface area (Å²) in [5.74, 6) is -0.0361. The molecule has 0 amide bonds. The van der Waals surface area contributed by atoms with E-state index < -0.39 is 24.4 Å². The number of aliphatic hydroxyl groups is 2. The summed E-state index contributed by atoms with van der Waals surface area (Å²) in [5, 5.41) is 23.6. The van der Waals surface area contributed by atoms with Gasteiger partial charge in [-0.3, -0.25) is 9.78 Å². The zero-order chi connectivity index (χ0) is 21.6. The first-order valence-corrected chi connectivity index (χ1v) is 10.0. The van der Waals surface area contributed by atoms with Crippen molar-refractivity contribution in [3.8, 4) is 11.1 Å². The van der Waals surface area contributed by atoms with Crippen LogP contribution in [0.3, 0.4) is 0 Å². The smallest absolute Gasteiger partial charge is 0.258 e. The lowest BCUT2D eigenvalue weighted by atomic mass is 10.0. The maximum absolute atomic E-state index is 13.1. The molecule has 1 saturated carbocycles. The van der Waals surface area contributed by atoms with Gasteiger partial charge in [0.2, 0.25) is 0 Å². The maximum Gasteiger partial charge on any atom is 0.258 e. The molecule has 30 heavy (non-hydrogen) atoms. The maximum atomic E-state index is 13.1.